The molecule has 1 aliphatic heterocycles. The van der Waals surface area contributed by atoms with Crippen LogP contribution in [0.15, 0.2) is 58.5 Å². The molecule has 3 N–H and O–H groups in total. The number of aliphatic imine (C=N–C) groups is 1. The molecule has 4 rings (SSSR count). The molecule has 0 spiro atoms. The van der Waals surface area contributed by atoms with Crippen molar-refractivity contribution in [2.75, 3.05) is 19.6 Å². The molecule has 1 saturated heterocycles. The number of carbonyl (C=O) groups excluding carboxylic acids is 1. The Kier molecular flexibility index (Phi) is 8.77. The Morgan fingerprint density at radius 2 is 1.97 bits per heavy atom. The van der Waals surface area contributed by atoms with Crippen molar-refractivity contribution in [3.05, 3.63) is 71.0 Å². The monoisotopic (exact) mass is 503 g/mol. The van der Waals surface area contributed by atoms with Gasteiger partial charge in [-0.2, -0.15) is 8.78 Å². The Hall–Kier alpha value is -3.07. The zero-order chi connectivity index (χ0) is 25.6. The van der Waals surface area contributed by atoms with E-state index >= 15 is 0 Å². The van der Waals surface area contributed by atoms with E-state index in [4.69, 9.17) is 16.0 Å². The SMILES string of the molecule is C=Cc1cc(C(O)CCN2CCCC2)ccc1N=C.NC(=O)C(F)(F)c1cc2cc(Cl)ccc2o1. The maximum absolute atomic E-state index is 13.2. The summed E-state index contributed by atoms with van der Waals surface area (Å²) in [5.41, 5.74) is 7.47. The second kappa shape index (κ2) is 11.6. The van der Waals surface area contributed by atoms with Crippen LogP contribution in [0, 0.1) is 0 Å². The van der Waals surface area contributed by atoms with E-state index in [9.17, 15) is 18.7 Å². The average Bonchev–Trinajstić information content (AvgIpc) is 3.52. The van der Waals surface area contributed by atoms with Crippen molar-refractivity contribution in [2.45, 2.75) is 31.3 Å². The number of carbonyl (C=O) groups is 1. The summed E-state index contributed by atoms with van der Waals surface area (Å²) in [6, 6.07) is 11.2. The summed E-state index contributed by atoms with van der Waals surface area (Å²) >= 11 is 5.68. The Bertz CT molecular complexity index is 1210. The van der Waals surface area contributed by atoms with E-state index in [2.05, 4.69) is 28.9 Å². The van der Waals surface area contributed by atoms with Gasteiger partial charge in [0.15, 0.2) is 5.76 Å². The van der Waals surface area contributed by atoms with Crippen LogP contribution in [0.1, 0.15) is 42.3 Å². The van der Waals surface area contributed by atoms with Gasteiger partial charge >= 0.3 is 5.92 Å². The zero-order valence-corrected chi connectivity index (χ0v) is 20.0. The van der Waals surface area contributed by atoms with Crippen molar-refractivity contribution in [2.24, 2.45) is 10.7 Å². The Balaban J connectivity index is 0.000000198. The molecule has 2 heterocycles. The minimum atomic E-state index is -3.81. The van der Waals surface area contributed by atoms with Gasteiger partial charge in [-0.15, -0.1) is 0 Å². The standard InChI is InChI=1S/C16H22N2O.C10H6ClF2NO2/c1-3-13-12-14(6-7-15(13)17-2)16(19)8-11-18-9-4-5-10-18;11-6-1-2-7-5(3-6)4-8(16-7)10(12,13)9(14)15/h3,6-7,12,16,19H,1-2,4-5,8-11H2;1-4H,(H2,14,15). The Morgan fingerprint density at radius 3 is 2.60 bits per heavy atom. The van der Waals surface area contributed by atoms with E-state index in [1.165, 1.54) is 44.1 Å². The maximum Gasteiger partial charge on any atom is 0.380 e. The number of amides is 1. The molecular formula is C26H28ClF2N3O3. The third kappa shape index (κ3) is 6.54. The predicted molar refractivity (Wildman–Crippen MR) is 135 cm³/mol. The summed E-state index contributed by atoms with van der Waals surface area (Å²) in [5, 5.41) is 11.0. The number of hydrogen-bond donors (Lipinski definition) is 2. The van der Waals surface area contributed by atoms with Gasteiger partial charge in [0.05, 0.1) is 11.8 Å². The van der Waals surface area contributed by atoms with Crippen LogP contribution in [0.2, 0.25) is 5.02 Å². The van der Waals surface area contributed by atoms with E-state index in [0.717, 1.165) is 35.8 Å². The fourth-order valence-corrected chi connectivity index (χ4v) is 4.04. The summed E-state index contributed by atoms with van der Waals surface area (Å²) < 4.78 is 31.3. The lowest BCUT2D eigenvalue weighted by Gasteiger charge is -2.18. The molecule has 0 bridgehead atoms. The van der Waals surface area contributed by atoms with Crippen molar-refractivity contribution in [1.82, 2.24) is 4.90 Å². The quantitative estimate of drug-likeness (QED) is 0.377. The Morgan fingerprint density at radius 1 is 1.26 bits per heavy atom. The average molecular weight is 504 g/mol. The third-order valence-corrected chi connectivity index (χ3v) is 6.08. The number of primary amides is 1. The number of aliphatic hydroxyl groups is 1. The lowest BCUT2D eigenvalue weighted by atomic mass is 10.0. The summed E-state index contributed by atoms with van der Waals surface area (Å²) in [6.07, 6.45) is 4.68. The largest absolute Gasteiger partial charge is 0.454 e. The molecule has 35 heavy (non-hydrogen) atoms. The molecular weight excluding hydrogens is 476 g/mol. The highest BCUT2D eigenvalue weighted by Crippen LogP contribution is 2.33. The van der Waals surface area contributed by atoms with E-state index in [-0.39, 0.29) is 5.58 Å². The van der Waals surface area contributed by atoms with E-state index in [1.807, 2.05) is 18.2 Å². The normalized spacial score (nSPS) is 14.9. The first-order valence-electron chi connectivity index (χ1n) is 11.2. The fourth-order valence-electron chi connectivity index (χ4n) is 3.86. The van der Waals surface area contributed by atoms with Gasteiger partial charge in [0.1, 0.15) is 5.58 Å². The van der Waals surface area contributed by atoms with Crippen LogP contribution < -0.4 is 5.73 Å². The second-order valence-electron chi connectivity index (χ2n) is 8.27. The minimum absolute atomic E-state index is 0.223. The van der Waals surface area contributed by atoms with Crippen LogP contribution in [0.3, 0.4) is 0 Å². The van der Waals surface area contributed by atoms with Crippen molar-refractivity contribution in [3.63, 3.8) is 0 Å². The molecule has 186 valence electrons. The molecule has 1 amide bonds. The highest BCUT2D eigenvalue weighted by molar-refractivity contribution is 6.31. The van der Waals surface area contributed by atoms with Gasteiger partial charge in [-0.1, -0.05) is 30.3 Å². The molecule has 1 aromatic heterocycles. The number of alkyl halides is 2. The first kappa shape index (κ1) is 26.5. The van der Waals surface area contributed by atoms with Gasteiger partial charge in [0.2, 0.25) is 0 Å². The summed E-state index contributed by atoms with van der Waals surface area (Å²) in [5.74, 6) is -6.35. The number of nitrogens with zero attached hydrogens (tertiary/aromatic N) is 2. The number of rotatable bonds is 8. The summed E-state index contributed by atoms with van der Waals surface area (Å²) in [7, 11) is 0. The summed E-state index contributed by atoms with van der Waals surface area (Å²) in [6.45, 7) is 10.6. The molecule has 6 nitrogen and oxygen atoms in total. The smallest absolute Gasteiger partial charge is 0.380 e. The van der Waals surface area contributed by atoms with E-state index < -0.39 is 23.7 Å². The van der Waals surface area contributed by atoms with Gasteiger partial charge in [-0.05, 0) is 86.6 Å². The molecule has 1 aliphatic rings. The van der Waals surface area contributed by atoms with Crippen LogP contribution in [0.25, 0.3) is 17.0 Å². The number of furan rings is 1. The molecule has 2 aromatic carbocycles. The molecule has 1 fully saturated rings. The zero-order valence-electron chi connectivity index (χ0n) is 19.2. The molecule has 3 aromatic rings. The molecule has 0 aliphatic carbocycles. The van der Waals surface area contributed by atoms with Crippen molar-refractivity contribution >= 4 is 47.0 Å². The van der Waals surface area contributed by atoms with Crippen molar-refractivity contribution < 1.29 is 23.1 Å². The van der Waals surface area contributed by atoms with Crippen LogP contribution in [0.5, 0.6) is 0 Å². The number of aliphatic hydroxyl groups excluding tert-OH is 1. The van der Waals surface area contributed by atoms with Gasteiger partial charge in [0, 0.05) is 17.0 Å². The van der Waals surface area contributed by atoms with Crippen LogP contribution >= 0.6 is 11.6 Å². The maximum atomic E-state index is 13.2. The lowest BCUT2D eigenvalue weighted by molar-refractivity contribution is -0.145. The van der Waals surface area contributed by atoms with Gasteiger partial charge in [-0.3, -0.25) is 9.79 Å². The van der Waals surface area contributed by atoms with Gasteiger partial charge in [-0.25, -0.2) is 0 Å². The van der Waals surface area contributed by atoms with Gasteiger partial charge < -0.3 is 20.2 Å². The minimum Gasteiger partial charge on any atom is -0.454 e. The van der Waals surface area contributed by atoms with Crippen LogP contribution in [-0.2, 0) is 10.7 Å². The fraction of sp³-hybridized carbons (Fsp3) is 0.308. The van der Waals surface area contributed by atoms with Crippen molar-refractivity contribution in [1.29, 1.82) is 0 Å². The second-order valence-corrected chi connectivity index (χ2v) is 8.70. The van der Waals surface area contributed by atoms with E-state index in [1.54, 1.807) is 6.08 Å². The van der Waals surface area contributed by atoms with Gasteiger partial charge in [0.25, 0.3) is 5.91 Å². The first-order valence-corrected chi connectivity index (χ1v) is 11.5. The van der Waals surface area contributed by atoms with Crippen molar-refractivity contribution in [3.8, 4) is 0 Å². The lowest BCUT2D eigenvalue weighted by Crippen LogP contribution is -2.32. The first-order chi connectivity index (χ1) is 16.6. The number of halogens is 3. The highest BCUT2D eigenvalue weighted by atomic mass is 35.5. The molecule has 0 saturated carbocycles. The molecule has 9 heteroatoms. The van der Waals surface area contributed by atoms with Crippen LogP contribution in [-0.4, -0.2) is 42.3 Å². The third-order valence-electron chi connectivity index (χ3n) is 5.84. The molecule has 1 unspecified atom stereocenters. The molecule has 1 atom stereocenters. The number of fused-ring (bicyclic) bond motifs is 1. The number of nitrogens with two attached hydrogens (primary N) is 1. The Labute approximate surface area is 207 Å². The van der Waals surface area contributed by atoms with Crippen LogP contribution in [0.4, 0.5) is 14.5 Å². The number of hydrogen-bond acceptors (Lipinski definition) is 5. The van der Waals surface area contributed by atoms with E-state index in [0.29, 0.717) is 10.4 Å². The number of likely N-dealkylation sites (tertiary alicyclic amines) is 1. The highest BCUT2D eigenvalue weighted by Gasteiger charge is 2.42. The summed E-state index contributed by atoms with van der Waals surface area (Å²) in [4.78, 5) is 16.9. The molecule has 0 radical (unpaired) electrons. The number of benzene rings is 2. The predicted octanol–water partition coefficient (Wildman–Crippen LogP) is 5.84. The topological polar surface area (TPSA) is 92.1 Å².